The third kappa shape index (κ3) is 4.42. The standard InChI is InChI=1S/C25H23NO/c1-3-20(13-12-19-8-5-4-6-9-19)24-15-14-22(16-18(24)2)25(27)21-10-7-11-23(26)17-21/h3-17H,26H2,1-2H3/b13-12+,20-3-. The molecular formula is C25H23NO. The van der Waals surface area contributed by atoms with Gasteiger partial charge in [-0.15, -0.1) is 0 Å². The number of hydrogen-bond donors (Lipinski definition) is 1. The summed E-state index contributed by atoms with van der Waals surface area (Å²) in [4.78, 5) is 12.7. The van der Waals surface area contributed by atoms with Crippen molar-refractivity contribution in [2.75, 3.05) is 5.73 Å². The van der Waals surface area contributed by atoms with Gasteiger partial charge in [0.25, 0.3) is 0 Å². The largest absolute Gasteiger partial charge is 0.399 e. The summed E-state index contributed by atoms with van der Waals surface area (Å²) >= 11 is 0. The van der Waals surface area contributed by atoms with Gasteiger partial charge < -0.3 is 5.73 Å². The predicted octanol–water partition coefficient (Wildman–Crippen LogP) is 5.92. The van der Waals surface area contributed by atoms with Crippen LogP contribution in [0.1, 0.15) is 39.5 Å². The molecule has 3 aromatic rings. The molecule has 0 unspecified atom stereocenters. The zero-order valence-electron chi connectivity index (χ0n) is 15.6. The van der Waals surface area contributed by atoms with Gasteiger partial charge in [0.15, 0.2) is 5.78 Å². The summed E-state index contributed by atoms with van der Waals surface area (Å²) in [6.07, 6.45) is 6.29. The van der Waals surface area contributed by atoms with Crippen molar-refractivity contribution >= 4 is 23.1 Å². The summed E-state index contributed by atoms with van der Waals surface area (Å²) in [5.41, 5.74) is 12.1. The van der Waals surface area contributed by atoms with E-state index in [0.29, 0.717) is 16.8 Å². The van der Waals surface area contributed by atoms with E-state index in [-0.39, 0.29) is 5.78 Å². The number of aryl methyl sites for hydroxylation is 1. The van der Waals surface area contributed by atoms with Gasteiger partial charge in [-0.3, -0.25) is 4.79 Å². The van der Waals surface area contributed by atoms with E-state index in [4.69, 9.17) is 5.73 Å². The SMILES string of the molecule is C/C=C(/C=C/c1ccccc1)c1ccc(C(=O)c2cccc(N)c2)cc1C. The number of carbonyl (C=O) groups is 1. The van der Waals surface area contributed by atoms with E-state index in [2.05, 4.69) is 30.4 Å². The van der Waals surface area contributed by atoms with E-state index < -0.39 is 0 Å². The van der Waals surface area contributed by atoms with E-state index in [9.17, 15) is 4.79 Å². The third-order valence-corrected chi connectivity index (χ3v) is 4.51. The number of ketones is 1. The minimum Gasteiger partial charge on any atom is -0.399 e. The number of anilines is 1. The van der Waals surface area contributed by atoms with E-state index in [0.717, 1.165) is 22.3 Å². The van der Waals surface area contributed by atoms with Crippen LogP contribution < -0.4 is 5.73 Å². The molecule has 0 fully saturated rings. The van der Waals surface area contributed by atoms with Crippen LogP contribution in [0.5, 0.6) is 0 Å². The Morgan fingerprint density at radius 1 is 0.889 bits per heavy atom. The number of nitrogen functional groups attached to an aromatic ring is 1. The monoisotopic (exact) mass is 353 g/mol. The minimum atomic E-state index is -0.0150. The van der Waals surface area contributed by atoms with Gasteiger partial charge in [-0.05, 0) is 54.3 Å². The Bertz CT molecular complexity index is 1010. The Morgan fingerprint density at radius 2 is 1.63 bits per heavy atom. The highest BCUT2D eigenvalue weighted by Crippen LogP contribution is 2.24. The molecule has 27 heavy (non-hydrogen) atoms. The molecule has 134 valence electrons. The maximum absolute atomic E-state index is 12.7. The summed E-state index contributed by atoms with van der Waals surface area (Å²) in [5.74, 6) is -0.0150. The summed E-state index contributed by atoms with van der Waals surface area (Å²) in [5, 5.41) is 0. The lowest BCUT2D eigenvalue weighted by atomic mass is 9.94. The second-order valence-corrected chi connectivity index (χ2v) is 6.47. The van der Waals surface area contributed by atoms with E-state index in [1.54, 1.807) is 24.3 Å². The summed E-state index contributed by atoms with van der Waals surface area (Å²) in [6, 6.07) is 23.1. The lowest BCUT2D eigenvalue weighted by Gasteiger charge is -2.10. The molecule has 0 saturated heterocycles. The minimum absolute atomic E-state index is 0.0150. The van der Waals surface area contributed by atoms with Crippen LogP contribution in [0.2, 0.25) is 0 Å². The van der Waals surface area contributed by atoms with Crippen molar-refractivity contribution in [2.24, 2.45) is 0 Å². The highest BCUT2D eigenvalue weighted by molar-refractivity contribution is 6.09. The van der Waals surface area contributed by atoms with Crippen molar-refractivity contribution in [3.05, 3.63) is 113 Å². The topological polar surface area (TPSA) is 43.1 Å². The molecule has 0 aromatic heterocycles. The molecule has 3 rings (SSSR count). The fraction of sp³-hybridized carbons (Fsp3) is 0.0800. The molecule has 0 radical (unpaired) electrons. The van der Waals surface area contributed by atoms with Gasteiger partial charge in [0.2, 0.25) is 0 Å². The first-order valence-electron chi connectivity index (χ1n) is 8.99. The number of rotatable bonds is 5. The number of carbonyl (C=O) groups excluding carboxylic acids is 1. The Hall–Kier alpha value is -3.39. The van der Waals surface area contributed by atoms with Gasteiger partial charge in [0, 0.05) is 16.8 Å². The second kappa shape index (κ2) is 8.33. The molecular weight excluding hydrogens is 330 g/mol. The van der Waals surface area contributed by atoms with Crippen LogP contribution in [-0.4, -0.2) is 5.78 Å². The molecule has 2 heteroatoms. The maximum Gasteiger partial charge on any atom is 0.193 e. The zero-order chi connectivity index (χ0) is 19.2. The number of nitrogens with two attached hydrogens (primary N) is 1. The lowest BCUT2D eigenvalue weighted by Crippen LogP contribution is -2.03. The Labute approximate surface area is 160 Å². The molecule has 2 nitrogen and oxygen atoms in total. The average Bonchev–Trinajstić information content (AvgIpc) is 2.69. The van der Waals surface area contributed by atoms with Crippen molar-refractivity contribution in [3.8, 4) is 0 Å². The van der Waals surface area contributed by atoms with Gasteiger partial charge in [-0.2, -0.15) is 0 Å². The molecule has 0 aliphatic rings. The molecule has 0 amide bonds. The third-order valence-electron chi connectivity index (χ3n) is 4.51. The first kappa shape index (κ1) is 18.4. The Balaban J connectivity index is 1.87. The van der Waals surface area contributed by atoms with Crippen molar-refractivity contribution in [3.63, 3.8) is 0 Å². The fourth-order valence-corrected chi connectivity index (χ4v) is 3.07. The Morgan fingerprint density at radius 3 is 2.30 bits per heavy atom. The van der Waals surface area contributed by atoms with E-state index in [1.807, 2.05) is 50.2 Å². The van der Waals surface area contributed by atoms with E-state index >= 15 is 0 Å². The smallest absolute Gasteiger partial charge is 0.193 e. The van der Waals surface area contributed by atoms with Crippen LogP contribution in [0.25, 0.3) is 11.6 Å². The molecule has 3 aromatic carbocycles. The molecule has 0 aliphatic heterocycles. The van der Waals surface area contributed by atoms with Gasteiger partial charge >= 0.3 is 0 Å². The van der Waals surface area contributed by atoms with Crippen LogP contribution in [0, 0.1) is 6.92 Å². The van der Waals surface area contributed by atoms with Crippen molar-refractivity contribution in [1.29, 1.82) is 0 Å². The zero-order valence-corrected chi connectivity index (χ0v) is 15.6. The molecule has 0 bridgehead atoms. The summed E-state index contributed by atoms with van der Waals surface area (Å²) in [7, 11) is 0. The van der Waals surface area contributed by atoms with Gasteiger partial charge in [-0.25, -0.2) is 0 Å². The molecule has 0 atom stereocenters. The van der Waals surface area contributed by atoms with Crippen LogP contribution in [0.15, 0.2) is 84.9 Å². The molecule has 2 N–H and O–H groups in total. The quantitative estimate of drug-likeness (QED) is 0.351. The van der Waals surface area contributed by atoms with Gasteiger partial charge in [0.05, 0.1) is 0 Å². The second-order valence-electron chi connectivity index (χ2n) is 6.47. The highest BCUT2D eigenvalue weighted by atomic mass is 16.1. The number of hydrogen-bond acceptors (Lipinski definition) is 2. The summed E-state index contributed by atoms with van der Waals surface area (Å²) < 4.78 is 0. The van der Waals surface area contributed by atoms with E-state index in [1.165, 1.54) is 0 Å². The fourth-order valence-electron chi connectivity index (χ4n) is 3.07. The van der Waals surface area contributed by atoms with Crippen LogP contribution >= 0.6 is 0 Å². The highest BCUT2D eigenvalue weighted by Gasteiger charge is 2.11. The first-order valence-corrected chi connectivity index (χ1v) is 8.99. The first-order chi connectivity index (χ1) is 13.1. The molecule has 0 aliphatic carbocycles. The molecule has 0 saturated carbocycles. The van der Waals surface area contributed by atoms with Gasteiger partial charge in [0.1, 0.15) is 0 Å². The van der Waals surface area contributed by atoms with Gasteiger partial charge in [-0.1, -0.05) is 72.8 Å². The number of allylic oxidation sites excluding steroid dienone is 3. The van der Waals surface area contributed by atoms with Crippen LogP contribution in [0.3, 0.4) is 0 Å². The predicted molar refractivity (Wildman–Crippen MR) is 115 cm³/mol. The molecule has 0 heterocycles. The number of benzene rings is 3. The maximum atomic E-state index is 12.7. The molecule has 0 spiro atoms. The lowest BCUT2D eigenvalue weighted by molar-refractivity contribution is 0.103. The van der Waals surface area contributed by atoms with Crippen molar-refractivity contribution in [1.82, 2.24) is 0 Å². The average molecular weight is 353 g/mol. The normalized spacial score (nSPS) is 11.7. The van der Waals surface area contributed by atoms with Crippen LogP contribution in [0.4, 0.5) is 5.69 Å². The van der Waals surface area contributed by atoms with Crippen LogP contribution in [-0.2, 0) is 0 Å². The van der Waals surface area contributed by atoms with Crippen molar-refractivity contribution in [2.45, 2.75) is 13.8 Å². The Kier molecular flexibility index (Phi) is 5.68. The van der Waals surface area contributed by atoms with Crippen molar-refractivity contribution < 1.29 is 4.79 Å². The summed E-state index contributed by atoms with van der Waals surface area (Å²) in [6.45, 7) is 4.06.